The second-order valence-corrected chi connectivity index (χ2v) is 7.18. The summed E-state index contributed by atoms with van der Waals surface area (Å²) in [6, 6.07) is 0. The second-order valence-electron chi connectivity index (χ2n) is 4.10. The Hall–Kier alpha value is -0.810. The number of aromatic nitrogens is 1. The molecule has 1 atom stereocenters. The summed E-state index contributed by atoms with van der Waals surface area (Å²) < 4.78 is 49.6. The number of anilines is 1. The number of rotatable bonds is 7. The third kappa shape index (κ3) is 6.66. The number of halogens is 3. The Kier molecular flexibility index (Phi) is 6.94. The predicted molar refractivity (Wildman–Crippen MR) is 83.0 cm³/mol. The fourth-order valence-corrected chi connectivity index (χ4v) is 3.25. The van der Waals surface area contributed by atoms with E-state index in [0.717, 1.165) is 10.8 Å². The number of nitrogens with zero attached hydrogens (tertiary/aromatic N) is 3. The largest absolute Gasteiger partial charge is 0.492 e. The number of alkyl halides is 3. The summed E-state index contributed by atoms with van der Waals surface area (Å²) in [5.74, 6) is 0.865. The fourth-order valence-electron chi connectivity index (χ4n) is 1.13. The molecule has 0 saturated heterocycles. The molecule has 1 unspecified atom stereocenters. The first-order valence-electron chi connectivity index (χ1n) is 5.71. The van der Waals surface area contributed by atoms with Crippen LogP contribution in [0.25, 0.3) is 0 Å². The highest BCUT2D eigenvalue weighted by Crippen LogP contribution is 2.22. The topological polar surface area (TPSA) is 71.6 Å². The maximum Gasteiger partial charge on any atom is 0.492 e. The summed E-state index contributed by atoms with van der Waals surface area (Å²) in [6.45, 7) is 0. The lowest BCUT2D eigenvalue weighted by molar-refractivity contribution is -0.0384. The third-order valence-electron chi connectivity index (χ3n) is 2.07. The molecule has 0 aliphatic rings. The lowest BCUT2D eigenvalue weighted by atomic mass is 10.5. The van der Waals surface area contributed by atoms with Crippen LogP contribution in [0.5, 0.6) is 0 Å². The van der Waals surface area contributed by atoms with E-state index in [1.807, 2.05) is 24.4 Å². The molecule has 0 fully saturated rings. The number of hydrogen-bond acceptors (Lipinski definition) is 5. The van der Waals surface area contributed by atoms with Crippen LogP contribution in [0.1, 0.15) is 12.1 Å². The molecule has 0 saturated carbocycles. The van der Waals surface area contributed by atoms with Crippen molar-refractivity contribution < 1.29 is 17.4 Å². The Morgan fingerprint density at radius 2 is 2.24 bits per heavy atom. The van der Waals surface area contributed by atoms with Gasteiger partial charge in [0, 0.05) is 37.4 Å². The first-order chi connectivity index (χ1) is 9.70. The third-order valence-corrected chi connectivity index (χ3v) is 4.92. The van der Waals surface area contributed by atoms with Crippen molar-refractivity contribution in [1.82, 2.24) is 4.98 Å². The summed E-state index contributed by atoms with van der Waals surface area (Å²) >= 11 is 3.00. The van der Waals surface area contributed by atoms with E-state index in [4.69, 9.17) is 5.73 Å². The molecular weight excluding hydrogens is 345 g/mol. The molecule has 5 nitrogen and oxygen atoms in total. The average molecular weight is 360 g/mol. The molecule has 0 aliphatic heterocycles. The number of thiazole rings is 1. The van der Waals surface area contributed by atoms with Crippen LogP contribution in [-0.4, -0.2) is 40.4 Å². The Morgan fingerprint density at radius 1 is 1.57 bits per heavy atom. The van der Waals surface area contributed by atoms with Crippen LogP contribution in [-0.2, 0) is 16.7 Å². The summed E-state index contributed by atoms with van der Waals surface area (Å²) in [5.41, 5.74) is 1.36. The van der Waals surface area contributed by atoms with Gasteiger partial charge in [-0.3, -0.25) is 0 Å². The number of nitrogens with two attached hydrogens (primary N) is 1. The molecule has 0 bridgehead atoms. The van der Waals surface area contributed by atoms with E-state index in [-0.39, 0.29) is 12.3 Å². The maximum absolute atomic E-state index is 12.0. The van der Waals surface area contributed by atoms with Crippen LogP contribution in [0.2, 0.25) is 0 Å². The van der Waals surface area contributed by atoms with Gasteiger partial charge in [0.2, 0.25) is 11.0 Å². The smallest absolute Gasteiger partial charge is 0.387 e. The van der Waals surface area contributed by atoms with E-state index in [9.17, 15) is 17.4 Å². The van der Waals surface area contributed by atoms with Gasteiger partial charge < -0.3 is 10.6 Å². The molecule has 0 spiro atoms. The molecule has 0 aromatic carbocycles. The van der Waals surface area contributed by atoms with Crippen LogP contribution in [0.15, 0.2) is 9.78 Å². The van der Waals surface area contributed by atoms with Crippen molar-refractivity contribution >= 4 is 45.1 Å². The van der Waals surface area contributed by atoms with Crippen molar-refractivity contribution in [2.45, 2.75) is 17.7 Å². The zero-order valence-corrected chi connectivity index (χ0v) is 13.8. The molecule has 1 rings (SSSR count). The quantitative estimate of drug-likeness (QED) is 0.459. The van der Waals surface area contributed by atoms with Crippen LogP contribution in [0.3, 0.4) is 0 Å². The van der Waals surface area contributed by atoms with Crippen molar-refractivity contribution in [3.63, 3.8) is 0 Å². The Bertz CT molecular complexity index is 516. The first kappa shape index (κ1) is 18.2. The molecule has 1 aromatic heterocycles. The minimum absolute atomic E-state index is 0.150. The Morgan fingerprint density at radius 3 is 2.76 bits per heavy atom. The average Bonchev–Trinajstić information content (AvgIpc) is 2.82. The van der Waals surface area contributed by atoms with E-state index in [1.54, 1.807) is 0 Å². The predicted octanol–water partition coefficient (Wildman–Crippen LogP) is 2.37. The van der Waals surface area contributed by atoms with Crippen LogP contribution >= 0.6 is 23.1 Å². The number of amidine groups is 1. The minimum atomic E-state index is -4.86. The van der Waals surface area contributed by atoms with Crippen LogP contribution in [0.4, 0.5) is 18.3 Å². The molecule has 0 amide bonds. The molecular formula is C10H15F3N4OS3. The maximum atomic E-state index is 12.0. The Balaban J connectivity index is 2.33. The molecule has 1 aromatic rings. The highest BCUT2D eigenvalue weighted by molar-refractivity contribution is 7.98. The van der Waals surface area contributed by atoms with Crippen molar-refractivity contribution in [1.29, 1.82) is 0 Å². The van der Waals surface area contributed by atoms with Crippen LogP contribution in [0, 0.1) is 0 Å². The van der Waals surface area contributed by atoms with Gasteiger partial charge in [0.1, 0.15) is 5.84 Å². The number of thioether (sulfide) groups is 1. The molecule has 2 N–H and O–H groups in total. The molecule has 1 heterocycles. The van der Waals surface area contributed by atoms with Crippen molar-refractivity contribution in [2.75, 3.05) is 24.7 Å². The van der Waals surface area contributed by atoms with Gasteiger partial charge in [-0.25, -0.2) is 9.19 Å². The lowest BCUT2D eigenvalue weighted by Crippen LogP contribution is -2.20. The summed E-state index contributed by atoms with van der Waals surface area (Å²) in [6.07, 6.45) is 0.150. The normalized spacial score (nSPS) is 14.2. The fraction of sp³-hybridized carbons (Fsp3) is 0.600. The molecule has 11 heteroatoms. The number of hydrogen-bond donors (Lipinski definition) is 1. The van der Waals surface area contributed by atoms with Gasteiger partial charge in [-0.1, -0.05) is 0 Å². The lowest BCUT2D eigenvalue weighted by Gasteiger charge is -2.05. The van der Waals surface area contributed by atoms with E-state index in [2.05, 4.69) is 9.38 Å². The summed E-state index contributed by atoms with van der Waals surface area (Å²) in [5, 5.41) is 2.82. The highest BCUT2D eigenvalue weighted by Gasteiger charge is 2.37. The SMILES string of the molecule is CN(C)c1nc(CSCCC(N)=NS(=O)C(F)(F)F)cs1. The molecule has 0 aliphatic carbocycles. The van der Waals surface area contributed by atoms with E-state index >= 15 is 0 Å². The first-order valence-corrected chi connectivity index (χ1v) is 8.85. The second kappa shape index (κ2) is 7.99. The molecule has 0 radical (unpaired) electrons. The van der Waals surface area contributed by atoms with E-state index in [1.165, 1.54) is 23.1 Å². The zero-order valence-electron chi connectivity index (χ0n) is 11.4. The van der Waals surface area contributed by atoms with E-state index < -0.39 is 16.5 Å². The summed E-state index contributed by atoms with van der Waals surface area (Å²) in [4.78, 5) is 6.27. The van der Waals surface area contributed by atoms with Crippen LogP contribution < -0.4 is 10.6 Å². The van der Waals surface area contributed by atoms with Gasteiger partial charge in [-0.15, -0.1) is 11.3 Å². The van der Waals surface area contributed by atoms with Gasteiger partial charge >= 0.3 is 5.51 Å². The minimum Gasteiger partial charge on any atom is -0.387 e. The van der Waals surface area contributed by atoms with Gasteiger partial charge in [-0.2, -0.15) is 29.3 Å². The highest BCUT2D eigenvalue weighted by atomic mass is 32.2. The van der Waals surface area contributed by atoms with Gasteiger partial charge in [0.25, 0.3) is 0 Å². The van der Waals surface area contributed by atoms with Gasteiger partial charge in [-0.05, 0) is 0 Å². The standard InChI is InChI=1S/C10H15F3N4OS3/c1-17(2)9-15-7(6-20-9)5-19-4-3-8(14)16-21(18)10(11,12)13/h6H,3-5H2,1-2H3,(H2,14,16). The van der Waals surface area contributed by atoms with Crippen molar-refractivity contribution in [3.8, 4) is 0 Å². The Labute approximate surface area is 131 Å². The summed E-state index contributed by atoms with van der Waals surface area (Å²) in [7, 11) is 0.520. The monoisotopic (exact) mass is 360 g/mol. The van der Waals surface area contributed by atoms with Crippen molar-refractivity contribution in [2.24, 2.45) is 10.1 Å². The molecule has 120 valence electrons. The van der Waals surface area contributed by atoms with Crippen molar-refractivity contribution in [3.05, 3.63) is 11.1 Å². The van der Waals surface area contributed by atoms with Gasteiger partial charge in [0.15, 0.2) is 5.13 Å². The zero-order chi connectivity index (χ0) is 16.0. The van der Waals surface area contributed by atoms with Gasteiger partial charge in [0.05, 0.1) is 5.69 Å². The van der Waals surface area contributed by atoms with E-state index in [0.29, 0.717) is 11.5 Å². The molecule has 21 heavy (non-hydrogen) atoms.